The van der Waals surface area contributed by atoms with Gasteiger partial charge in [-0.1, -0.05) is 19.8 Å². The molecule has 0 radical (unpaired) electrons. The number of nitrogens with zero attached hydrogens (tertiary/aromatic N) is 2. The highest BCUT2D eigenvalue weighted by molar-refractivity contribution is 8.01. The summed E-state index contributed by atoms with van der Waals surface area (Å²) in [5.41, 5.74) is 0.341. The van der Waals surface area contributed by atoms with Gasteiger partial charge in [0.05, 0.1) is 18.2 Å². The summed E-state index contributed by atoms with van der Waals surface area (Å²) in [6, 6.07) is 4.90. The predicted molar refractivity (Wildman–Crippen MR) is 152 cm³/mol. The number of hydrogen-bond donors (Lipinski definition) is 4. The first-order valence-electron chi connectivity index (χ1n) is 13.0. The molecule has 0 bridgehead atoms. The summed E-state index contributed by atoms with van der Waals surface area (Å²) in [7, 11) is 1.89. The van der Waals surface area contributed by atoms with Gasteiger partial charge in [-0.25, -0.2) is 13.8 Å². The molecule has 1 aliphatic rings. The minimum absolute atomic E-state index is 0.0563. The van der Waals surface area contributed by atoms with Crippen LogP contribution in [0.1, 0.15) is 44.0 Å². The highest BCUT2D eigenvalue weighted by atomic mass is 32.2. The fourth-order valence-corrected chi connectivity index (χ4v) is 4.47. The third-order valence-electron chi connectivity index (χ3n) is 5.96. The maximum Gasteiger partial charge on any atom is 0.251 e. The Morgan fingerprint density at radius 3 is 2.54 bits per heavy atom. The summed E-state index contributed by atoms with van der Waals surface area (Å²) in [5.74, 6) is 2.19. The van der Waals surface area contributed by atoms with Crippen LogP contribution >= 0.6 is 11.9 Å². The van der Waals surface area contributed by atoms with E-state index in [1.165, 1.54) is 12.8 Å². The molecule has 39 heavy (non-hydrogen) atoms. The molecule has 1 heterocycles. The Hall–Kier alpha value is -3.07. The van der Waals surface area contributed by atoms with Gasteiger partial charge in [0.15, 0.2) is 0 Å². The van der Waals surface area contributed by atoms with E-state index in [2.05, 4.69) is 40.7 Å². The minimum Gasteiger partial charge on any atom is -0.491 e. The molecule has 1 aromatic heterocycles. The summed E-state index contributed by atoms with van der Waals surface area (Å²) < 4.78 is 34.8. The van der Waals surface area contributed by atoms with Crippen molar-refractivity contribution in [2.24, 2.45) is 5.92 Å². The second-order valence-corrected chi connectivity index (χ2v) is 11.6. The molecule has 1 unspecified atom stereocenters. The van der Waals surface area contributed by atoms with Crippen molar-refractivity contribution in [2.45, 2.75) is 57.1 Å². The van der Waals surface area contributed by atoms with Crippen molar-refractivity contribution in [1.29, 1.82) is 0 Å². The SMILES string of the molecule is C#CC(C)NC[C@@H](O)[C@H](COc1cc(F)cc(F)c1)NC(=O)c1cc(NCC2CC2)nc(N(C)SC(C)C)c1. The number of terminal acetylenes is 1. The monoisotopic (exact) mass is 561 g/mol. The predicted octanol–water partition coefficient (Wildman–Crippen LogP) is 3.82. The Bertz CT molecular complexity index is 1140. The normalized spacial score (nSPS) is 15.3. The van der Waals surface area contributed by atoms with Crippen LogP contribution in [-0.2, 0) is 0 Å². The van der Waals surface area contributed by atoms with Gasteiger partial charge in [0.25, 0.3) is 5.91 Å². The number of carbonyl (C=O) groups excluding carboxylic acids is 1. The van der Waals surface area contributed by atoms with Crippen molar-refractivity contribution in [3.05, 3.63) is 47.5 Å². The van der Waals surface area contributed by atoms with E-state index in [9.17, 15) is 18.7 Å². The van der Waals surface area contributed by atoms with E-state index in [0.29, 0.717) is 28.4 Å². The van der Waals surface area contributed by atoms with Crippen molar-refractivity contribution in [3.8, 4) is 18.1 Å². The number of nitrogens with one attached hydrogen (secondary N) is 3. The number of amides is 1. The fraction of sp³-hybridized carbons (Fsp3) is 0.500. The number of carbonyl (C=O) groups is 1. The second kappa shape index (κ2) is 14.4. The van der Waals surface area contributed by atoms with Gasteiger partial charge >= 0.3 is 0 Å². The summed E-state index contributed by atoms with van der Waals surface area (Å²) in [6.45, 7) is 6.48. The molecule has 1 fully saturated rings. The molecule has 0 aliphatic heterocycles. The van der Waals surface area contributed by atoms with Crippen LogP contribution in [0, 0.1) is 29.9 Å². The lowest BCUT2D eigenvalue weighted by Gasteiger charge is -2.26. The molecule has 1 aromatic carbocycles. The molecule has 1 saturated carbocycles. The van der Waals surface area contributed by atoms with Crippen molar-refractivity contribution >= 4 is 29.5 Å². The summed E-state index contributed by atoms with van der Waals surface area (Å²) >= 11 is 1.58. The maximum atomic E-state index is 13.6. The lowest BCUT2D eigenvalue weighted by atomic mass is 10.1. The van der Waals surface area contributed by atoms with E-state index in [-0.39, 0.29) is 24.9 Å². The average Bonchev–Trinajstić information content (AvgIpc) is 3.71. The van der Waals surface area contributed by atoms with E-state index in [1.54, 1.807) is 31.0 Å². The largest absolute Gasteiger partial charge is 0.491 e. The third kappa shape index (κ3) is 10.2. The lowest BCUT2D eigenvalue weighted by Crippen LogP contribution is -2.51. The minimum atomic E-state index is -1.11. The van der Waals surface area contributed by atoms with Gasteiger partial charge < -0.3 is 30.1 Å². The smallest absolute Gasteiger partial charge is 0.251 e. The van der Waals surface area contributed by atoms with Gasteiger partial charge in [-0.15, -0.1) is 6.42 Å². The van der Waals surface area contributed by atoms with Crippen LogP contribution in [0.2, 0.25) is 0 Å². The third-order valence-corrected chi connectivity index (χ3v) is 6.89. The number of aromatic nitrogens is 1. The molecule has 3 atom stereocenters. The number of halogens is 2. The zero-order chi connectivity index (χ0) is 28.5. The van der Waals surface area contributed by atoms with Gasteiger partial charge in [-0.05, 0) is 49.8 Å². The Labute approximate surface area is 233 Å². The van der Waals surface area contributed by atoms with Gasteiger partial charge in [-0.3, -0.25) is 4.79 Å². The molecule has 3 rings (SSSR count). The first-order chi connectivity index (χ1) is 18.5. The van der Waals surface area contributed by atoms with Crippen LogP contribution < -0.4 is 25.0 Å². The van der Waals surface area contributed by atoms with Crippen molar-refractivity contribution in [1.82, 2.24) is 15.6 Å². The molecule has 11 heteroatoms. The van der Waals surface area contributed by atoms with Gasteiger partial charge in [-0.2, -0.15) is 0 Å². The Kier molecular flexibility index (Phi) is 11.2. The number of aliphatic hydroxyl groups excluding tert-OH is 1. The molecule has 4 N–H and O–H groups in total. The number of anilines is 2. The molecule has 1 aliphatic carbocycles. The number of rotatable bonds is 15. The van der Waals surface area contributed by atoms with E-state index in [4.69, 9.17) is 11.2 Å². The Morgan fingerprint density at radius 1 is 1.23 bits per heavy atom. The van der Waals surface area contributed by atoms with Crippen LogP contribution in [-0.4, -0.2) is 66.2 Å². The van der Waals surface area contributed by atoms with Gasteiger partial charge in [0.1, 0.15) is 35.6 Å². The lowest BCUT2D eigenvalue weighted by molar-refractivity contribution is 0.0730. The Morgan fingerprint density at radius 2 is 1.92 bits per heavy atom. The van der Waals surface area contributed by atoms with E-state index in [0.717, 1.165) is 24.7 Å². The molecule has 8 nitrogen and oxygen atoms in total. The van der Waals surface area contributed by atoms with Crippen molar-refractivity contribution < 1.29 is 23.4 Å². The van der Waals surface area contributed by atoms with Crippen LogP contribution in [0.3, 0.4) is 0 Å². The summed E-state index contributed by atoms with van der Waals surface area (Å²) in [4.78, 5) is 18.1. The molecule has 0 saturated heterocycles. The van der Waals surface area contributed by atoms with E-state index >= 15 is 0 Å². The van der Waals surface area contributed by atoms with Crippen molar-refractivity contribution in [2.75, 3.05) is 36.4 Å². The molecule has 2 aromatic rings. The molecule has 212 valence electrons. The number of ether oxygens (including phenoxy) is 1. The molecular weight excluding hydrogens is 524 g/mol. The van der Waals surface area contributed by atoms with E-state index in [1.807, 2.05) is 11.4 Å². The van der Waals surface area contributed by atoms with Crippen molar-refractivity contribution in [3.63, 3.8) is 0 Å². The zero-order valence-corrected chi connectivity index (χ0v) is 23.5. The number of hydrogen-bond acceptors (Lipinski definition) is 8. The number of benzene rings is 1. The van der Waals surface area contributed by atoms with Gasteiger partial charge in [0.2, 0.25) is 0 Å². The molecule has 1 amide bonds. The maximum absolute atomic E-state index is 13.6. The standard InChI is InChI=1S/C28H37F2N5O3S/c1-6-18(4)31-15-25(36)24(16-38-23-12-21(29)11-22(30)13-23)33-28(37)20-9-26(32-14-19-7-8-19)34-27(10-20)35(5)39-17(2)3/h1,9-13,17-19,24-25,31,36H,7-8,14-16H2,2-5H3,(H,32,34)(H,33,37)/t18?,24-,25+/m0/s1. The average molecular weight is 562 g/mol. The first-order valence-corrected chi connectivity index (χ1v) is 13.8. The van der Waals surface area contributed by atoms with Gasteiger partial charge in [0, 0.05) is 49.1 Å². The Balaban J connectivity index is 1.80. The highest BCUT2D eigenvalue weighted by Crippen LogP contribution is 2.30. The second-order valence-electron chi connectivity index (χ2n) is 9.94. The summed E-state index contributed by atoms with van der Waals surface area (Å²) in [5, 5.41) is 20.3. The molecular formula is C28H37F2N5O3S. The summed E-state index contributed by atoms with van der Waals surface area (Å²) in [6.07, 6.45) is 6.63. The van der Waals surface area contributed by atoms with Crippen LogP contribution in [0.15, 0.2) is 30.3 Å². The fourth-order valence-electron chi connectivity index (χ4n) is 3.64. The zero-order valence-electron chi connectivity index (χ0n) is 22.7. The quantitative estimate of drug-likeness (QED) is 0.193. The number of aliphatic hydroxyl groups is 1. The number of pyridine rings is 1. The van der Waals surface area contributed by atoms with Crippen LogP contribution in [0.25, 0.3) is 0 Å². The highest BCUT2D eigenvalue weighted by Gasteiger charge is 2.25. The van der Waals surface area contributed by atoms with E-state index < -0.39 is 29.7 Å². The molecule has 0 spiro atoms. The van der Waals surface area contributed by atoms with Crippen LogP contribution in [0.5, 0.6) is 5.75 Å². The first kappa shape index (κ1) is 30.5. The topological polar surface area (TPSA) is 98.8 Å². The van der Waals surface area contributed by atoms with Crippen LogP contribution in [0.4, 0.5) is 20.4 Å².